The van der Waals surface area contributed by atoms with E-state index in [4.69, 9.17) is 5.26 Å². The number of anilines is 1. The van der Waals surface area contributed by atoms with E-state index in [2.05, 4.69) is 36.7 Å². The van der Waals surface area contributed by atoms with Crippen LogP contribution in [-0.4, -0.2) is 18.1 Å². The molecule has 0 bridgehead atoms. The molecule has 17 heavy (non-hydrogen) atoms. The molecule has 0 saturated heterocycles. The highest BCUT2D eigenvalue weighted by molar-refractivity contribution is 5.46. The molecule has 3 nitrogen and oxygen atoms in total. The summed E-state index contributed by atoms with van der Waals surface area (Å²) in [6.45, 7) is 10.4. The number of hydrogen-bond acceptors (Lipinski definition) is 3. The molecule has 0 saturated carbocycles. The largest absolute Gasteiger partial charge is 0.357 e. The summed E-state index contributed by atoms with van der Waals surface area (Å²) < 4.78 is 0. The molecule has 0 N–H and O–H groups in total. The van der Waals surface area contributed by atoms with Crippen LogP contribution < -0.4 is 4.90 Å². The van der Waals surface area contributed by atoms with Gasteiger partial charge in [-0.1, -0.05) is 20.3 Å². The number of pyridine rings is 1. The third kappa shape index (κ3) is 3.74. The Hall–Kier alpha value is -1.56. The first-order chi connectivity index (χ1) is 8.10. The summed E-state index contributed by atoms with van der Waals surface area (Å²) in [5.74, 6) is 1.56. The minimum atomic E-state index is 0.641. The number of nitriles is 1. The molecule has 0 aliphatic rings. The summed E-state index contributed by atoms with van der Waals surface area (Å²) in [6.07, 6.45) is 1.16. The first kappa shape index (κ1) is 13.5. The van der Waals surface area contributed by atoms with E-state index in [1.807, 2.05) is 19.1 Å². The fourth-order valence-electron chi connectivity index (χ4n) is 1.77. The number of hydrogen-bond donors (Lipinski definition) is 0. The topological polar surface area (TPSA) is 39.9 Å². The van der Waals surface area contributed by atoms with E-state index in [0.29, 0.717) is 11.5 Å². The molecule has 1 rings (SSSR count). The van der Waals surface area contributed by atoms with Gasteiger partial charge in [-0.3, -0.25) is 0 Å². The van der Waals surface area contributed by atoms with Gasteiger partial charge in [-0.25, -0.2) is 4.98 Å². The molecule has 3 heteroatoms. The van der Waals surface area contributed by atoms with Crippen LogP contribution in [0.1, 0.15) is 38.4 Å². The van der Waals surface area contributed by atoms with E-state index in [-0.39, 0.29) is 0 Å². The molecule has 0 spiro atoms. The van der Waals surface area contributed by atoms with Crippen molar-refractivity contribution in [1.82, 2.24) is 4.98 Å². The highest BCUT2D eigenvalue weighted by Crippen LogP contribution is 2.16. The number of rotatable bonds is 5. The van der Waals surface area contributed by atoms with Gasteiger partial charge >= 0.3 is 0 Å². The van der Waals surface area contributed by atoms with E-state index in [0.717, 1.165) is 31.0 Å². The Morgan fingerprint density at radius 3 is 2.65 bits per heavy atom. The second kappa shape index (κ2) is 6.24. The lowest BCUT2D eigenvalue weighted by atomic mass is 10.1. The van der Waals surface area contributed by atoms with Crippen LogP contribution in [-0.2, 0) is 0 Å². The number of aryl methyl sites for hydroxylation is 1. The molecule has 0 amide bonds. The quantitative estimate of drug-likeness (QED) is 0.781. The van der Waals surface area contributed by atoms with Gasteiger partial charge in [0.1, 0.15) is 5.82 Å². The summed E-state index contributed by atoms with van der Waals surface area (Å²) in [5.41, 5.74) is 1.59. The van der Waals surface area contributed by atoms with E-state index in [1.165, 1.54) is 0 Å². The summed E-state index contributed by atoms with van der Waals surface area (Å²) >= 11 is 0. The van der Waals surface area contributed by atoms with Gasteiger partial charge in [0, 0.05) is 18.8 Å². The molecule has 0 radical (unpaired) electrons. The lowest BCUT2D eigenvalue weighted by Gasteiger charge is -2.25. The Bertz CT molecular complexity index is 406. The lowest BCUT2D eigenvalue weighted by Crippen LogP contribution is -2.29. The smallest absolute Gasteiger partial charge is 0.130 e. The summed E-state index contributed by atoms with van der Waals surface area (Å²) in [4.78, 5) is 6.75. The van der Waals surface area contributed by atoms with Gasteiger partial charge in [0.05, 0.1) is 11.6 Å². The van der Waals surface area contributed by atoms with E-state index in [1.54, 1.807) is 0 Å². The van der Waals surface area contributed by atoms with Gasteiger partial charge in [0.15, 0.2) is 0 Å². The van der Waals surface area contributed by atoms with Crippen molar-refractivity contribution in [1.29, 1.82) is 5.26 Å². The van der Waals surface area contributed by atoms with Crippen molar-refractivity contribution in [3.8, 4) is 6.07 Å². The molecule has 0 aliphatic carbocycles. The zero-order valence-corrected chi connectivity index (χ0v) is 11.2. The molecule has 1 unspecified atom stereocenters. The summed E-state index contributed by atoms with van der Waals surface area (Å²) in [5, 5.41) is 8.97. The zero-order valence-electron chi connectivity index (χ0n) is 11.2. The van der Waals surface area contributed by atoms with Crippen molar-refractivity contribution < 1.29 is 0 Å². The minimum Gasteiger partial charge on any atom is -0.357 e. The standard InChI is InChI=1S/C14H21N3/c1-5-11(3)10-17(6-2)14-8-13(9-15)7-12(4)16-14/h7-8,11H,5-6,10H2,1-4H3. The van der Waals surface area contributed by atoms with Crippen LogP contribution in [0.5, 0.6) is 0 Å². The Morgan fingerprint density at radius 2 is 2.12 bits per heavy atom. The molecule has 1 heterocycles. The zero-order chi connectivity index (χ0) is 12.8. The second-order valence-electron chi connectivity index (χ2n) is 4.52. The van der Waals surface area contributed by atoms with Crippen molar-refractivity contribution in [3.63, 3.8) is 0 Å². The molecule has 1 atom stereocenters. The Morgan fingerprint density at radius 1 is 1.41 bits per heavy atom. The van der Waals surface area contributed by atoms with Gasteiger partial charge in [-0.2, -0.15) is 5.26 Å². The molecule has 1 aromatic heterocycles. The average molecular weight is 231 g/mol. The summed E-state index contributed by atoms with van der Waals surface area (Å²) in [6, 6.07) is 5.88. The molecule has 92 valence electrons. The highest BCUT2D eigenvalue weighted by atomic mass is 15.2. The van der Waals surface area contributed by atoms with Crippen LogP contribution in [0.15, 0.2) is 12.1 Å². The Kier molecular flexibility index (Phi) is 4.96. The molecular weight excluding hydrogens is 210 g/mol. The SMILES string of the molecule is CCC(C)CN(CC)c1cc(C#N)cc(C)n1. The Labute approximate surface area is 104 Å². The number of aromatic nitrogens is 1. The van der Waals surface area contributed by atoms with Gasteiger partial charge in [0.2, 0.25) is 0 Å². The van der Waals surface area contributed by atoms with E-state index >= 15 is 0 Å². The molecule has 0 aliphatic heterocycles. The molecule has 0 aromatic carbocycles. The third-order valence-electron chi connectivity index (χ3n) is 3.00. The van der Waals surface area contributed by atoms with Crippen molar-refractivity contribution in [3.05, 3.63) is 23.4 Å². The van der Waals surface area contributed by atoms with Crippen LogP contribution in [0.4, 0.5) is 5.82 Å². The van der Waals surface area contributed by atoms with Crippen LogP contribution in [0.3, 0.4) is 0 Å². The average Bonchev–Trinajstić information content (AvgIpc) is 2.34. The first-order valence-corrected chi connectivity index (χ1v) is 6.24. The maximum Gasteiger partial charge on any atom is 0.130 e. The van der Waals surface area contributed by atoms with Gasteiger partial charge < -0.3 is 4.90 Å². The molecular formula is C14H21N3. The highest BCUT2D eigenvalue weighted by Gasteiger charge is 2.10. The van der Waals surface area contributed by atoms with Crippen molar-refractivity contribution in [2.75, 3.05) is 18.0 Å². The van der Waals surface area contributed by atoms with Gasteiger partial charge in [0.25, 0.3) is 0 Å². The minimum absolute atomic E-state index is 0.641. The monoisotopic (exact) mass is 231 g/mol. The number of nitrogens with zero attached hydrogens (tertiary/aromatic N) is 3. The predicted molar refractivity (Wildman–Crippen MR) is 71.0 cm³/mol. The second-order valence-corrected chi connectivity index (χ2v) is 4.52. The fourth-order valence-corrected chi connectivity index (χ4v) is 1.77. The third-order valence-corrected chi connectivity index (χ3v) is 3.00. The molecule has 0 fully saturated rings. The van der Waals surface area contributed by atoms with Gasteiger partial charge in [-0.05, 0) is 31.9 Å². The van der Waals surface area contributed by atoms with E-state index in [9.17, 15) is 0 Å². The Balaban J connectivity index is 2.95. The maximum absolute atomic E-state index is 8.97. The van der Waals surface area contributed by atoms with Crippen LogP contribution in [0.25, 0.3) is 0 Å². The predicted octanol–water partition coefficient (Wildman–Crippen LogP) is 3.13. The maximum atomic E-state index is 8.97. The van der Waals surface area contributed by atoms with E-state index < -0.39 is 0 Å². The lowest BCUT2D eigenvalue weighted by molar-refractivity contribution is 0.545. The fraction of sp³-hybridized carbons (Fsp3) is 0.571. The van der Waals surface area contributed by atoms with Crippen LogP contribution in [0, 0.1) is 24.2 Å². The first-order valence-electron chi connectivity index (χ1n) is 6.24. The van der Waals surface area contributed by atoms with Crippen molar-refractivity contribution in [2.24, 2.45) is 5.92 Å². The van der Waals surface area contributed by atoms with Crippen molar-refractivity contribution >= 4 is 5.82 Å². The van der Waals surface area contributed by atoms with Gasteiger partial charge in [-0.15, -0.1) is 0 Å². The normalized spacial score (nSPS) is 11.9. The van der Waals surface area contributed by atoms with Crippen LogP contribution >= 0.6 is 0 Å². The summed E-state index contributed by atoms with van der Waals surface area (Å²) in [7, 11) is 0. The van der Waals surface area contributed by atoms with Crippen molar-refractivity contribution in [2.45, 2.75) is 34.1 Å². The van der Waals surface area contributed by atoms with Crippen LogP contribution in [0.2, 0.25) is 0 Å². The molecule has 1 aromatic rings.